The number of hydrogen-bond donors (Lipinski definition) is 3. The van der Waals surface area contributed by atoms with Crippen LogP contribution in [0.3, 0.4) is 0 Å². The normalized spacial score (nSPS) is 10.6. The van der Waals surface area contributed by atoms with Gasteiger partial charge in [0, 0.05) is 16.9 Å². The number of aromatic amines is 1. The highest BCUT2D eigenvalue weighted by atomic mass is 19.1. The molecule has 1 aromatic heterocycles. The zero-order valence-electron chi connectivity index (χ0n) is 14.3. The number of carbonyl (C=O) groups excluding carboxylic acids is 1. The largest absolute Gasteiger partial charge is 0.324 e. The Bertz CT molecular complexity index is 913. The molecule has 0 atom stereocenters. The van der Waals surface area contributed by atoms with E-state index in [4.69, 9.17) is 0 Å². The van der Waals surface area contributed by atoms with Crippen LogP contribution in [-0.4, -0.2) is 16.2 Å². The van der Waals surface area contributed by atoms with Gasteiger partial charge in [-0.1, -0.05) is 18.2 Å². The van der Waals surface area contributed by atoms with E-state index in [9.17, 15) is 9.18 Å². The first-order valence-corrected chi connectivity index (χ1v) is 7.89. The molecule has 6 heteroatoms. The monoisotopic (exact) mass is 338 g/mol. The summed E-state index contributed by atoms with van der Waals surface area (Å²) in [5, 5.41) is 12.5. The van der Waals surface area contributed by atoms with Gasteiger partial charge in [-0.15, -0.1) is 0 Å². The summed E-state index contributed by atoms with van der Waals surface area (Å²) in [4.78, 5) is 12.3. The quantitative estimate of drug-likeness (QED) is 0.643. The summed E-state index contributed by atoms with van der Waals surface area (Å²) in [6, 6.07) is 11.6. The van der Waals surface area contributed by atoms with Crippen LogP contribution < -0.4 is 10.6 Å². The average molecular weight is 338 g/mol. The molecule has 5 nitrogen and oxygen atoms in total. The first-order valence-electron chi connectivity index (χ1n) is 7.89. The van der Waals surface area contributed by atoms with Crippen molar-refractivity contribution in [3.05, 3.63) is 65.1 Å². The van der Waals surface area contributed by atoms with Crippen molar-refractivity contribution in [2.45, 2.75) is 20.8 Å². The molecule has 0 spiro atoms. The van der Waals surface area contributed by atoms with Crippen molar-refractivity contribution < 1.29 is 9.18 Å². The lowest BCUT2D eigenvalue weighted by molar-refractivity contribution is 0.262. The lowest BCUT2D eigenvalue weighted by Gasteiger charge is -2.09. The van der Waals surface area contributed by atoms with Crippen molar-refractivity contribution in [1.82, 2.24) is 10.2 Å². The van der Waals surface area contributed by atoms with Gasteiger partial charge in [-0.05, 0) is 61.7 Å². The maximum absolute atomic E-state index is 13.5. The summed E-state index contributed by atoms with van der Waals surface area (Å²) in [6.07, 6.45) is 0. The maximum atomic E-state index is 13.5. The number of aryl methyl sites for hydroxylation is 3. The van der Waals surface area contributed by atoms with Crippen LogP contribution in [0.15, 0.2) is 42.5 Å². The van der Waals surface area contributed by atoms with Gasteiger partial charge in [0.05, 0.1) is 0 Å². The van der Waals surface area contributed by atoms with Crippen molar-refractivity contribution in [2.75, 3.05) is 10.6 Å². The fraction of sp³-hybridized carbons (Fsp3) is 0.158. The third kappa shape index (κ3) is 3.85. The number of benzene rings is 2. The van der Waals surface area contributed by atoms with Crippen molar-refractivity contribution in [2.24, 2.45) is 0 Å². The van der Waals surface area contributed by atoms with E-state index < -0.39 is 6.03 Å². The Kier molecular flexibility index (Phi) is 4.52. The molecule has 0 aliphatic heterocycles. The van der Waals surface area contributed by atoms with Gasteiger partial charge in [-0.2, -0.15) is 5.10 Å². The Hall–Kier alpha value is -3.15. The van der Waals surface area contributed by atoms with Crippen LogP contribution in [0.1, 0.15) is 16.8 Å². The second-order valence-electron chi connectivity index (χ2n) is 6.04. The number of halogens is 1. The van der Waals surface area contributed by atoms with E-state index >= 15 is 0 Å². The van der Waals surface area contributed by atoms with Crippen LogP contribution in [0, 0.1) is 26.6 Å². The number of rotatable bonds is 3. The smallest absolute Gasteiger partial charge is 0.308 e. The molecule has 0 aliphatic carbocycles. The van der Waals surface area contributed by atoms with Gasteiger partial charge in [0.2, 0.25) is 0 Å². The highest BCUT2D eigenvalue weighted by Crippen LogP contribution is 2.30. The van der Waals surface area contributed by atoms with E-state index in [1.54, 1.807) is 12.1 Å². The fourth-order valence-corrected chi connectivity index (χ4v) is 2.83. The second-order valence-corrected chi connectivity index (χ2v) is 6.04. The van der Waals surface area contributed by atoms with Gasteiger partial charge >= 0.3 is 6.03 Å². The predicted molar refractivity (Wildman–Crippen MR) is 97.3 cm³/mol. The minimum absolute atomic E-state index is 0.344. The van der Waals surface area contributed by atoms with E-state index in [0.29, 0.717) is 22.6 Å². The number of hydrogen-bond acceptors (Lipinski definition) is 2. The van der Waals surface area contributed by atoms with Crippen molar-refractivity contribution in [3.63, 3.8) is 0 Å². The molecule has 25 heavy (non-hydrogen) atoms. The van der Waals surface area contributed by atoms with Crippen LogP contribution >= 0.6 is 0 Å². The number of H-pyrrole nitrogens is 1. The molecular weight excluding hydrogens is 319 g/mol. The van der Waals surface area contributed by atoms with Crippen LogP contribution in [0.4, 0.5) is 20.7 Å². The highest BCUT2D eigenvalue weighted by molar-refractivity contribution is 6.01. The van der Waals surface area contributed by atoms with E-state index in [1.807, 2.05) is 39.0 Å². The number of aromatic nitrogens is 2. The van der Waals surface area contributed by atoms with Gasteiger partial charge < -0.3 is 5.32 Å². The zero-order valence-corrected chi connectivity index (χ0v) is 14.3. The highest BCUT2D eigenvalue weighted by Gasteiger charge is 2.15. The predicted octanol–water partition coefficient (Wildman–Crippen LogP) is 4.79. The molecule has 0 saturated carbocycles. The lowest BCUT2D eigenvalue weighted by Crippen LogP contribution is -2.20. The molecule has 2 aromatic carbocycles. The van der Waals surface area contributed by atoms with Crippen molar-refractivity contribution in [1.29, 1.82) is 0 Å². The van der Waals surface area contributed by atoms with Gasteiger partial charge in [0.25, 0.3) is 0 Å². The molecule has 0 aliphatic rings. The Morgan fingerprint density at radius 1 is 1.04 bits per heavy atom. The molecule has 3 N–H and O–H groups in total. The van der Waals surface area contributed by atoms with E-state index in [2.05, 4.69) is 20.8 Å². The molecule has 128 valence electrons. The van der Waals surface area contributed by atoms with Gasteiger partial charge in [0.1, 0.15) is 5.82 Å². The molecule has 0 fully saturated rings. The van der Waals surface area contributed by atoms with Crippen LogP contribution in [0.25, 0.3) is 11.1 Å². The molecule has 1 heterocycles. The minimum atomic E-state index is -0.408. The molecule has 3 aromatic rings. The number of nitrogens with zero attached hydrogens (tertiary/aromatic N) is 1. The van der Waals surface area contributed by atoms with Crippen LogP contribution in [0.2, 0.25) is 0 Å². The Balaban J connectivity index is 1.83. The number of nitrogens with one attached hydrogen (secondary N) is 3. The average Bonchev–Trinajstić information content (AvgIpc) is 2.86. The zero-order chi connectivity index (χ0) is 18.0. The van der Waals surface area contributed by atoms with Crippen LogP contribution in [-0.2, 0) is 0 Å². The third-order valence-electron chi connectivity index (χ3n) is 3.77. The summed E-state index contributed by atoms with van der Waals surface area (Å²) in [5.74, 6) is 0.00807. The Labute approximate surface area is 145 Å². The van der Waals surface area contributed by atoms with E-state index in [-0.39, 0.29) is 5.82 Å². The molecule has 0 saturated heterocycles. The van der Waals surface area contributed by atoms with Crippen LogP contribution in [0.5, 0.6) is 0 Å². The maximum Gasteiger partial charge on any atom is 0.324 e. The SMILES string of the molecule is Cc1cc(C)cc(NC(=O)Nc2n[nH]c(C)c2-c2cccc(F)c2)c1. The third-order valence-corrected chi connectivity index (χ3v) is 3.77. The number of urea groups is 1. The molecule has 0 bridgehead atoms. The standard InChI is InChI=1S/C19H19FN4O/c1-11-7-12(2)9-16(8-11)21-19(25)22-18-17(13(3)23-24-18)14-5-4-6-15(20)10-14/h4-10H,1-3H3,(H3,21,22,23,24,25). The number of anilines is 2. The second kappa shape index (κ2) is 6.76. The molecule has 0 unspecified atom stereocenters. The molecular formula is C19H19FN4O. The summed E-state index contributed by atoms with van der Waals surface area (Å²) < 4.78 is 13.5. The molecule has 0 radical (unpaired) electrons. The topological polar surface area (TPSA) is 69.8 Å². The number of amides is 2. The van der Waals surface area contributed by atoms with Crippen molar-refractivity contribution in [3.8, 4) is 11.1 Å². The van der Waals surface area contributed by atoms with Gasteiger partial charge in [-0.25, -0.2) is 9.18 Å². The summed E-state index contributed by atoms with van der Waals surface area (Å²) in [5.41, 5.74) is 4.88. The summed E-state index contributed by atoms with van der Waals surface area (Å²) >= 11 is 0. The van der Waals surface area contributed by atoms with E-state index in [0.717, 1.165) is 16.8 Å². The minimum Gasteiger partial charge on any atom is -0.308 e. The first-order chi connectivity index (χ1) is 11.9. The molecule has 2 amide bonds. The first kappa shape index (κ1) is 16.7. The number of carbonyl (C=O) groups is 1. The van der Waals surface area contributed by atoms with Gasteiger partial charge in [0.15, 0.2) is 5.82 Å². The van der Waals surface area contributed by atoms with Gasteiger partial charge in [-0.3, -0.25) is 10.4 Å². The summed E-state index contributed by atoms with van der Waals surface area (Å²) in [6.45, 7) is 5.75. The fourth-order valence-electron chi connectivity index (χ4n) is 2.83. The molecule has 3 rings (SSSR count). The van der Waals surface area contributed by atoms with E-state index in [1.165, 1.54) is 12.1 Å². The summed E-state index contributed by atoms with van der Waals surface area (Å²) in [7, 11) is 0. The van der Waals surface area contributed by atoms with Crippen molar-refractivity contribution >= 4 is 17.5 Å². The Morgan fingerprint density at radius 3 is 2.44 bits per heavy atom. The Morgan fingerprint density at radius 2 is 1.76 bits per heavy atom. The lowest BCUT2D eigenvalue weighted by atomic mass is 10.1.